The largest absolute Gasteiger partial charge is 0.421 e. The number of H-pyrrole nitrogens is 1. The molecule has 0 spiro atoms. The van der Waals surface area contributed by atoms with Crippen LogP contribution in [0.15, 0.2) is 65.2 Å². The Morgan fingerprint density at radius 2 is 1.57 bits per heavy atom. The van der Waals surface area contributed by atoms with Gasteiger partial charge in [0.25, 0.3) is 0 Å². The Morgan fingerprint density at radius 3 is 2.22 bits per heavy atom. The molecule has 5 heteroatoms. The van der Waals surface area contributed by atoms with Crippen LogP contribution in [0.25, 0.3) is 33.8 Å². The monoisotopic (exact) mass is 302 g/mol. The predicted molar refractivity (Wildman–Crippen MR) is 87.5 cm³/mol. The molecule has 1 N–H and O–H groups in total. The van der Waals surface area contributed by atoms with Crippen LogP contribution in [0.5, 0.6) is 0 Å². The quantitative estimate of drug-likeness (QED) is 0.618. The Morgan fingerprint density at radius 1 is 0.826 bits per heavy atom. The van der Waals surface area contributed by atoms with Gasteiger partial charge in [-0.2, -0.15) is 5.10 Å². The summed E-state index contributed by atoms with van der Waals surface area (Å²) in [7, 11) is 0. The van der Waals surface area contributed by atoms with Gasteiger partial charge >= 0.3 is 0 Å². The molecule has 2 aromatic carbocycles. The van der Waals surface area contributed by atoms with Gasteiger partial charge in [0.15, 0.2) is 0 Å². The highest BCUT2D eigenvalue weighted by molar-refractivity contribution is 5.80. The summed E-state index contributed by atoms with van der Waals surface area (Å²) in [5.41, 5.74) is 5.18. The molecule has 2 aromatic heterocycles. The molecule has 0 bridgehead atoms. The summed E-state index contributed by atoms with van der Waals surface area (Å²) in [6, 6.07) is 18.3. The first-order valence-electron chi connectivity index (χ1n) is 7.31. The molecule has 0 aliphatic heterocycles. The molecular weight excluding hydrogens is 288 g/mol. The normalized spacial score (nSPS) is 10.8. The van der Waals surface area contributed by atoms with Crippen LogP contribution in [0.3, 0.4) is 0 Å². The van der Waals surface area contributed by atoms with E-state index in [0.29, 0.717) is 11.8 Å². The summed E-state index contributed by atoms with van der Waals surface area (Å²) in [6.45, 7) is 1.79. The molecule has 112 valence electrons. The van der Waals surface area contributed by atoms with Crippen molar-refractivity contribution in [3.8, 4) is 33.8 Å². The summed E-state index contributed by atoms with van der Waals surface area (Å²) in [5.74, 6) is 1.10. The third-order valence-corrected chi connectivity index (χ3v) is 3.69. The fourth-order valence-corrected chi connectivity index (χ4v) is 2.57. The van der Waals surface area contributed by atoms with Crippen molar-refractivity contribution in [1.82, 2.24) is 20.4 Å². The Balaban J connectivity index is 1.76. The topological polar surface area (TPSA) is 67.6 Å². The smallest absolute Gasteiger partial charge is 0.248 e. The molecule has 0 saturated carbocycles. The van der Waals surface area contributed by atoms with E-state index in [0.717, 1.165) is 27.9 Å². The van der Waals surface area contributed by atoms with E-state index in [1.807, 2.05) is 24.3 Å². The highest BCUT2D eigenvalue weighted by atomic mass is 16.4. The number of hydrogen-bond donors (Lipinski definition) is 1. The number of rotatable bonds is 3. The SMILES string of the molecule is Cc1nnc(-c2ccccc2-c2ccc(-c3ccn[nH]3)cc2)o1. The zero-order valence-electron chi connectivity index (χ0n) is 12.5. The van der Waals surface area contributed by atoms with Gasteiger partial charge in [-0.05, 0) is 28.8 Å². The second kappa shape index (κ2) is 5.53. The maximum atomic E-state index is 5.58. The van der Waals surface area contributed by atoms with Gasteiger partial charge in [-0.3, -0.25) is 5.10 Å². The van der Waals surface area contributed by atoms with Crippen LogP contribution < -0.4 is 0 Å². The molecule has 0 unspecified atom stereocenters. The number of nitrogens with one attached hydrogen (secondary N) is 1. The molecule has 0 aliphatic rings. The summed E-state index contributed by atoms with van der Waals surface area (Å²) >= 11 is 0. The molecule has 0 atom stereocenters. The summed E-state index contributed by atoms with van der Waals surface area (Å²) in [5, 5.41) is 15.0. The minimum atomic E-state index is 0.538. The van der Waals surface area contributed by atoms with Crippen molar-refractivity contribution in [3.05, 3.63) is 66.7 Å². The molecule has 4 aromatic rings. The minimum absolute atomic E-state index is 0.538. The third-order valence-electron chi connectivity index (χ3n) is 3.69. The van der Waals surface area contributed by atoms with E-state index in [1.54, 1.807) is 13.1 Å². The van der Waals surface area contributed by atoms with Crippen molar-refractivity contribution in [2.24, 2.45) is 0 Å². The lowest BCUT2D eigenvalue weighted by atomic mass is 9.98. The third kappa shape index (κ3) is 2.53. The first kappa shape index (κ1) is 13.5. The molecule has 2 heterocycles. The fraction of sp³-hybridized carbons (Fsp3) is 0.0556. The lowest BCUT2D eigenvalue weighted by Gasteiger charge is -2.07. The number of benzene rings is 2. The van der Waals surface area contributed by atoms with Gasteiger partial charge < -0.3 is 4.42 Å². The van der Waals surface area contributed by atoms with E-state index >= 15 is 0 Å². The molecule has 0 saturated heterocycles. The molecule has 0 radical (unpaired) electrons. The number of nitrogens with zero attached hydrogens (tertiary/aromatic N) is 3. The van der Waals surface area contributed by atoms with Crippen LogP contribution in [-0.2, 0) is 0 Å². The maximum absolute atomic E-state index is 5.58. The van der Waals surface area contributed by atoms with E-state index in [1.165, 1.54) is 0 Å². The molecule has 5 nitrogen and oxygen atoms in total. The van der Waals surface area contributed by atoms with Crippen molar-refractivity contribution >= 4 is 0 Å². The Kier molecular flexibility index (Phi) is 3.24. The van der Waals surface area contributed by atoms with E-state index < -0.39 is 0 Å². The molecule has 23 heavy (non-hydrogen) atoms. The number of aromatic amines is 1. The first-order chi connectivity index (χ1) is 11.3. The molecular formula is C18H14N4O. The van der Waals surface area contributed by atoms with Crippen LogP contribution >= 0.6 is 0 Å². The van der Waals surface area contributed by atoms with Gasteiger partial charge in [0.2, 0.25) is 11.8 Å². The minimum Gasteiger partial charge on any atom is -0.421 e. The zero-order valence-corrected chi connectivity index (χ0v) is 12.5. The van der Waals surface area contributed by atoms with Gasteiger partial charge in [-0.1, -0.05) is 42.5 Å². The van der Waals surface area contributed by atoms with Crippen molar-refractivity contribution in [1.29, 1.82) is 0 Å². The van der Waals surface area contributed by atoms with Gasteiger partial charge in [0, 0.05) is 18.7 Å². The zero-order chi connectivity index (χ0) is 15.6. The van der Waals surface area contributed by atoms with Crippen LogP contribution in [0.2, 0.25) is 0 Å². The van der Waals surface area contributed by atoms with E-state index in [-0.39, 0.29) is 0 Å². The average molecular weight is 302 g/mol. The second-order valence-electron chi connectivity index (χ2n) is 5.22. The summed E-state index contributed by atoms with van der Waals surface area (Å²) < 4.78 is 5.58. The number of aromatic nitrogens is 4. The highest BCUT2D eigenvalue weighted by Crippen LogP contribution is 2.32. The Bertz CT molecular complexity index is 924. The average Bonchev–Trinajstić information content (AvgIpc) is 3.27. The highest BCUT2D eigenvalue weighted by Gasteiger charge is 2.12. The van der Waals surface area contributed by atoms with E-state index in [2.05, 4.69) is 50.7 Å². The summed E-state index contributed by atoms with van der Waals surface area (Å²) in [6.07, 6.45) is 1.75. The van der Waals surface area contributed by atoms with Crippen molar-refractivity contribution < 1.29 is 4.42 Å². The first-order valence-corrected chi connectivity index (χ1v) is 7.31. The van der Waals surface area contributed by atoms with Gasteiger partial charge in [-0.25, -0.2) is 0 Å². The number of aryl methyl sites for hydroxylation is 1. The molecule has 0 amide bonds. The fourth-order valence-electron chi connectivity index (χ4n) is 2.57. The van der Waals surface area contributed by atoms with Crippen LogP contribution in [0.1, 0.15) is 5.89 Å². The van der Waals surface area contributed by atoms with Crippen molar-refractivity contribution in [3.63, 3.8) is 0 Å². The van der Waals surface area contributed by atoms with Crippen LogP contribution in [-0.4, -0.2) is 20.4 Å². The predicted octanol–water partition coefficient (Wildman–Crippen LogP) is 4.10. The van der Waals surface area contributed by atoms with Crippen LogP contribution in [0.4, 0.5) is 0 Å². The second-order valence-corrected chi connectivity index (χ2v) is 5.22. The standard InChI is InChI=1S/C18H14N4O/c1-12-20-22-18(23-12)16-5-3-2-4-15(16)13-6-8-14(9-7-13)17-10-11-19-21-17/h2-11H,1H3,(H,19,21). The molecule has 0 aliphatic carbocycles. The summed E-state index contributed by atoms with van der Waals surface area (Å²) in [4.78, 5) is 0. The van der Waals surface area contributed by atoms with E-state index in [9.17, 15) is 0 Å². The van der Waals surface area contributed by atoms with Crippen LogP contribution in [0, 0.1) is 6.92 Å². The van der Waals surface area contributed by atoms with Crippen molar-refractivity contribution in [2.75, 3.05) is 0 Å². The van der Waals surface area contributed by atoms with Crippen molar-refractivity contribution in [2.45, 2.75) is 6.92 Å². The molecule has 4 rings (SSSR count). The Labute approximate surface area is 133 Å². The number of hydrogen-bond acceptors (Lipinski definition) is 4. The lowest BCUT2D eigenvalue weighted by molar-refractivity contribution is 0.533. The maximum Gasteiger partial charge on any atom is 0.248 e. The van der Waals surface area contributed by atoms with E-state index in [4.69, 9.17) is 4.42 Å². The van der Waals surface area contributed by atoms with Gasteiger partial charge in [0.05, 0.1) is 5.69 Å². The Hall–Kier alpha value is -3.21. The lowest BCUT2D eigenvalue weighted by Crippen LogP contribution is -1.86. The van der Waals surface area contributed by atoms with Gasteiger partial charge in [0.1, 0.15) is 0 Å². The molecule has 0 fully saturated rings. The van der Waals surface area contributed by atoms with Gasteiger partial charge in [-0.15, -0.1) is 10.2 Å².